The summed E-state index contributed by atoms with van der Waals surface area (Å²) in [5, 5.41) is 12.1. The zero-order valence-corrected chi connectivity index (χ0v) is 34.0. The van der Waals surface area contributed by atoms with E-state index in [1.807, 2.05) is 36.4 Å². The number of phenolic OH excluding ortho intramolecular Hbond substituents is 1. The minimum absolute atomic E-state index is 0.109. The number of phenols is 1. The highest BCUT2D eigenvalue weighted by molar-refractivity contribution is 6.05. The lowest BCUT2D eigenvalue weighted by Gasteiger charge is -2.22. The molecule has 0 bridgehead atoms. The van der Waals surface area contributed by atoms with Crippen LogP contribution in [-0.2, 0) is 5.41 Å². The predicted octanol–water partition coefficient (Wildman–Crippen LogP) is 14.3. The highest BCUT2D eigenvalue weighted by Gasteiger charge is 2.36. The molecule has 3 heterocycles. The number of para-hydroxylation sites is 2. The molecule has 6 aromatic carbocycles. The van der Waals surface area contributed by atoms with E-state index in [0.29, 0.717) is 11.3 Å². The molecule has 3 aromatic heterocycles. The zero-order valence-electron chi connectivity index (χ0n) is 34.0. The molecule has 0 saturated heterocycles. The van der Waals surface area contributed by atoms with E-state index in [1.54, 1.807) is 6.07 Å². The van der Waals surface area contributed by atoms with Gasteiger partial charge in [0, 0.05) is 55.9 Å². The third kappa shape index (κ3) is 6.15. The van der Waals surface area contributed by atoms with Crippen LogP contribution in [0.3, 0.4) is 0 Å². The molecule has 4 nitrogen and oxygen atoms in total. The summed E-state index contributed by atoms with van der Waals surface area (Å²) in [5.74, 6) is 0.202. The number of hydrogen-bond acceptors (Lipinski definition) is 3. The van der Waals surface area contributed by atoms with Gasteiger partial charge in [-0.25, -0.2) is 4.98 Å². The first kappa shape index (κ1) is 36.3. The van der Waals surface area contributed by atoms with Gasteiger partial charge in [-0.05, 0) is 114 Å². The SMILES string of the molecule is Cc1cc(-c2c(-c3ccc4c(c3)C(C)(C)c3ccccc3-4)c3ccccc3n2C(C)C)cc(-c2cccc(-c3cc(-c4ccccc4)cc(-c4ccccc4O)n3)c2)n1. The molecule has 4 heteroatoms. The van der Waals surface area contributed by atoms with Crippen molar-refractivity contribution in [2.45, 2.75) is 46.1 Å². The van der Waals surface area contributed by atoms with Gasteiger partial charge in [-0.15, -0.1) is 0 Å². The maximum absolute atomic E-state index is 10.9. The van der Waals surface area contributed by atoms with Crippen LogP contribution in [-0.4, -0.2) is 19.6 Å². The van der Waals surface area contributed by atoms with Crippen molar-refractivity contribution < 1.29 is 5.11 Å². The first-order chi connectivity index (χ1) is 28.7. The van der Waals surface area contributed by atoms with Gasteiger partial charge < -0.3 is 9.67 Å². The van der Waals surface area contributed by atoms with Crippen molar-refractivity contribution in [3.63, 3.8) is 0 Å². The summed E-state index contributed by atoms with van der Waals surface area (Å²) in [7, 11) is 0. The average Bonchev–Trinajstić information content (AvgIpc) is 3.73. The van der Waals surface area contributed by atoms with Gasteiger partial charge in [0.2, 0.25) is 0 Å². The monoisotopic (exact) mass is 763 g/mol. The quantitative estimate of drug-likeness (QED) is 0.176. The summed E-state index contributed by atoms with van der Waals surface area (Å²) < 4.78 is 2.51. The van der Waals surface area contributed by atoms with E-state index in [9.17, 15) is 5.11 Å². The number of hydrogen-bond donors (Lipinski definition) is 1. The fraction of sp³-hybridized carbons (Fsp3) is 0.127. The Labute approximate surface area is 346 Å². The Balaban J connectivity index is 1.14. The molecule has 1 N–H and O–H groups in total. The molecule has 0 fully saturated rings. The van der Waals surface area contributed by atoms with Crippen molar-refractivity contribution in [2.24, 2.45) is 0 Å². The molecule has 0 aliphatic heterocycles. The van der Waals surface area contributed by atoms with E-state index >= 15 is 0 Å². The normalized spacial score (nSPS) is 12.8. The molecule has 1 aliphatic rings. The highest BCUT2D eigenvalue weighted by Crippen LogP contribution is 2.51. The standard InChI is InChI=1S/C55H45N3O/c1-34(2)58-51-24-13-10-22-45(51)53(39-26-27-43-42-20-9-12-23-46(42)55(4,5)47(43)30-39)54(58)41-28-35(3)56-48(33-41)37-18-15-19-38(29-37)49-31-40(36-16-7-6-8-17-36)32-50(57-49)44-21-11-14-25-52(44)59/h6-34,59H,1-5H3. The Morgan fingerprint density at radius 2 is 1.12 bits per heavy atom. The number of aromatic hydroxyl groups is 1. The number of fused-ring (bicyclic) bond motifs is 4. The third-order valence-electron chi connectivity index (χ3n) is 12.1. The minimum atomic E-state index is -0.109. The second-order valence-corrected chi connectivity index (χ2v) is 16.6. The lowest BCUT2D eigenvalue weighted by atomic mass is 9.81. The largest absolute Gasteiger partial charge is 0.507 e. The molecular formula is C55H45N3O. The maximum atomic E-state index is 10.9. The van der Waals surface area contributed by atoms with Gasteiger partial charge in [0.05, 0.1) is 22.8 Å². The van der Waals surface area contributed by atoms with Crippen LogP contribution in [0.5, 0.6) is 5.75 Å². The number of aryl methyl sites for hydroxylation is 1. The number of rotatable bonds is 7. The summed E-state index contributed by atoms with van der Waals surface area (Å²) in [6.45, 7) is 11.4. The van der Waals surface area contributed by atoms with Crippen molar-refractivity contribution in [1.82, 2.24) is 14.5 Å². The summed E-state index contributed by atoms with van der Waals surface area (Å²) in [6.07, 6.45) is 0. The van der Waals surface area contributed by atoms with Crippen LogP contribution in [0.4, 0.5) is 0 Å². The van der Waals surface area contributed by atoms with Crippen molar-refractivity contribution in [1.29, 1.82) is 0 Å². The second-order valence-electron chi connectivity index (χ2n) is 16.6. The van der Waals surface area contributed by atoms with Crippen molar-refractivity contribution in [3.05, 3.63) is 187 Å². The Morgan fingerprint density at radius 1 is 0.492 bits per heavy atom. The molecule has 0 spiro atoms. The van der Waals surface area contributed by atoms with Crippen LogP contribution in [0, 0.1) is 6.92 Å². The van der Waals surface area contributed by atoms with E-state index in [1.165, 1.54) is 50.0 Å². The molecule has 9 aromatic rings. The van der Waals surface area contributed by atoms with E-state index < -0.39 is 0 Å². The first-order valence-corrected chi connectivity index (χ1v) is 20.5. The molecule has 0 atom stereocenters. The van der Waals surface area contributed by atoms with Crippen molar-refractivity contribution in [2.75, 3.05) is 0 Å². The Hall–Kier alpha value is -7.04. The van der Waals surface area contributed by atoms with Crippen LogP contribution in [0.25, 0.3) is 89.3 Å². The van der Waals surface area contributed by atoms with E-state index in [0.717, 1.165) is 44.9 Å². The lowest BCUT2D eigenvalue weighted by molar-refractivity contribution is 0.477. The lowest BCUT2D eigenvalue weighted by Crippen LogP contribution is -2.14. The van der Waals surface area contributed by atoms with Crippen molar-refractivity contribution in [3.8, 4) is 84.2 Å². The Bertz CT molecular complexity index is 3080. The van der Waals surface area contributed by atoms with E-state index in [2.05, 4.69) is 167 Å². The second kappa shape index (κ2) is 14.1. The zero-order chi connectivity index (χ0) is 40.4. The number of benzene rings is 6. The molecular weight excluding hydrogens is 719 g/mol. The molecule has 286 valence electrons. The number of nitrogens with zero attached hydrogens (tertiary/aromatic N) is 3. The summed E-state index contributed by atoms with van der Waals surface area (Å²) in [4.78, 5) is 10.3. The molecule has 0 unspecified atom stereocenters. The molecule has 0 saturated carbocycles. The smallest absolute Gasteiger partial charge is 0.124 e. The van der Waals surface area contributed by atoms with E-state index in [-0.39, 0.29) is 17.2 Å². The first-order valence-electron chi connectivity index (χ1n) is 20.5. The van der Waals surface area contributed by atoms with Gasteiger partial charge >= 0.3 is 0 Å². The van der Waals surface area contributed by atoms with Crippen LogP contribution in [0.1, 0.15) is 50.6 Å². The molecule has 59 heavy (non-hydrogen) atoms. The van der Waals surface area contributed by atoms with Crippen LogP contribution < -0.4 is 0 Å². The summed E-state index contributed by atoms with van der Waals surface area (Å²) in [5.41, 5.74) is 19.5. The van der Waals surface area contributed by atoms with Gasteiger partial charge in [0.25, 0.3) is 0 Å². The molecule has 0 amide bonds. The number of aromatic nitrogens is 3. The number of pyridine rings is 2. The van der Waals surface area contributed by atoms with Gasteiger partial charge in [0.15, 0.2) is 0 Å². The molecule has 0 radical (unpaired) electrons. The molecule has 10 rings (SSSR count). The topological polar surface area (TPSA) is 50.9 Å². The summed E-state index contributed by atoms with van der Waals surface area (Å²) >= 11 is 0. The van der Waals surface area contributed by atoms with Gasteiger partial charge in [0.1, 0.15) is 5.75 Å². The van der Waals surface area contributed by atoms with Gasteiger partial charge in [-0.3, -0.25) is 4.98 Å². The third-order valence-corrected chi connectivity index (χ3v) is 12.1. The highest BCUT2D eigenvalue weighted by atomic mass is 16.3. The minimum Gasteiger partial charge on any atom is -0.507 e. The maximum Gasteiger partial charge on any atom is 0.124 e. The average molecular weight is 764 g/mol. The van der Waals surface area contributed by atoms with Crippen LogP contribution in [0.2, 0.25) is 0 Å². The van der Waals surface area contributed by atoms with Crippen molar-refractivity contribution >= 4 is 10.9 Å². The fourth-order valence-corrected chi connectivity index (χ4v) is 9.33. The van der Waals surface area contributed by atoms with Gasteiger partial charge in [-0.1, -0.05) is 129 Å². The van der Waals surface area contributed by atoms with Gasteiger partial charge in [-0.2, -0.15) is 0 Å². The predicted molar refractivity (Wildman–Crippen MR) is 244 cm³/mol. The van der Waals surface area contributed by atoms with E-state index in [4.69, 9.17) is 9.97 Å². The Kier molecular flexibility index (Phi) is 8.68. The van der Waals surface area contributed by atoms with Crippen LogP contribution in [0.15, 0.2) is 170 Å². The van der Waals surface area contributed by atoms with Crippen LogP contribution >= 0.6 is 0 Å². The fourth-order valence-electron chi connectivity index (χ4n) is 9.33. The summed E-state index contributed by atoms with van der Waals surface area (Å²) in [6, 6.07) is 60.0. The Morgan fingerprint density at radius 3 is 1.90 bits per heavy atom. The molecule has 1 aliphatic carbocycles.